The van der Waals surface area contributed by atoms with E-state index < -0.39 is 0 Å². The van der Waals surface area contributed by atoms with Crippen LogP contribution in [0.2, 0.25) is 5.02 Å². The van der Waals surface area contributed by atoms with Gasteiger partial charge >= 0.3 is 0 Å². The fourth-order valence-corrected chi connectivity index (χ4v) is 2.17. The molecule has 0 saturated carbocycles. The molecular weight excluding hydrogens is 246 g/mol. The molecule has 0 N–H and O–H groups in total. The minimum atomic E-state index is 0.757. The van der Waals surface area contributed by atoms with Gasteiger partial charge in [-0.25, -0.2) is 9.97 Å². The van der Waals surface area contributed by atoms with E-state index in [9.17, 15) is 0 Å². The number of halogens is 1. The molecular formula is C14H12ClN3. The quantitative estimate of drug-likeness (QED) is 0.704. The molecule has 1 aromatic carbocycles. The van der Waals surface area contributed by atoms with Crippen molar-refractivity contribution in [3.8, 4) is 0 Å². The highest BCUT2D eigenvalue weighted by Gasteiger charge is 2.07. The van der Waals surface area contributed by atoms with Crippen LogP contribution < -0.4 is 0 Å². The van der Waals surface area contributed by atoms with Crippen LogP contribution in [-0.2, 0) is 6.54 Å². The highest BCUT2D eigenvalue weighted by Crippen LogP contribution is 2.16. The van der Waals surface area contributed by atoms with E-state index in [0.29, 0.717) is 0 Å². The van der Waals surface area contributed by atoms with Crippen LogP contribution in [0.4, 0.5) is 0 Å². The van der Waals surface area contributed by atoms with Gasteiger partial charge in [0.1, 0.15) is 5.82 Å². The first kappa shape index (κ1) is 11.2. The van der Waals surface area contributed by atoms with Gasteiger partial charge < -0.3 is 4.57 Å². The fourth-order valence-electron chi connectivity index (χ4n) is 2.05. The Morgan fingerprint density at radius 3 is 2.72 bits per heavy atom. The Labute approximate surface area is 110 Å². The van der Waals surface area contributed by atoms with Gasteiger partial charge in [-0.1, -0.05) is 23.7 Å². The zero-order valence-electron chi connectivity index (χ0n) is 9.97. The topological polar surface area (TPSA) is 30.7 Å². The summed E-state index contributed by atoms with van der Waals surface area (Å²) in [6.45, 7) is 2.78. The van der Waals surface area contributed by atoms with Gasteiger partial charge in [0.2, 0.25) is 0 Å². The standard InChI is InChI=1S/C14H12ClN3/c1-10-17-14-13(3-2-8-16-14)18(10)9-11-4-6-12(15)7-5-11/h2-8H,9H2,1H3. The number of nitrogens with zero attached hydrogens (tertiary/aromatic N) is 3. The maximum Gasteiger partial charge on any atom is 0.177 e. The lowest BCUT2D eigenvalue weighted by Crippen LogP contribution is -2.01. The number of aryl methyl sites for hydroxylation is 1. The third-order valence-electron chi connectivity index (χ3n) is 2.97. The van der Waals surface area contributed by atoms with E-state index in [0.717, 1.165) is 28.6 Å². The minimum absolute atomic E-state index is 0.757. The number of benzene rings is 1. The van der Waals surface area contributed by atoms with Crippen LogP contribution in [0.1, 0.15) is 11.4 Å². The third kappa shape index (κ3) is 1.97. The summed E-state index contributed by atoms with van der Waals surface area (Å²) in [5, 5.41) is 0.757. The summed E-state index contributed by atoms with van der Waals surface area (Å²) < 4.78 is 2.16. The number of pyridine rings is 1. The molecule has 0 bridgehead atoms. The zero-order valence-corrected chi connectivity index (χ0v) is 10.7. The van der Waals surface area contributed by atoms with Crippen LogP contribution in [0.15, 0.2) is 42.6 Å². The Morgan fingerprint density at radius 2 is 1.94 bits per heavy atom. The molecule has 0 saturated heterocycles. The van der Waals surface area contributed by atoms with Gasteiger partial charge in [-0.15, -0.1) is 0 Å². The second-order valence-corrected chi connectivity index (χ2v) is 4.65. The molecule has 0 radical (unpaired) electrons. The maximum absolute atomic E-state index is 5.89. The average Bonchev–Trinajstić information content (AvgIpc) is 2.69. The van der Waals surface area contributed by atoms with Gasteiger partial charge in [-0.05, 0) is 36.8 Å². The molecule has 3 nitrogen and oxygen atoms in total. The Kier molecular flexibility index (Phi) is 2.76. The summed E-state index contributed by atoms with van der Waals surface area (Å²) >= 11 is 5.89. The lowest BCUT2D eigenvalue weighted by Gasteiger charge is -2.06. The van der Waals surface area contributed by atoms with Crippen molar-refractivity contribution < 1.29 is 0 Å². The Bertz CT molecular complexity index is 686. The van der Waals surface area contributed by atoms with Crippen molar-refractivity contribution >= 4 is 22.8 Å². The first-order valence-corrected chi connectivity index (χ1v) is 6.14. The lowest BCUT2D eigenvalue weighted by molar-refractivity contribution is 0.786. The molecule has 0 amide bonds. The summed E-state index contributed by atoms with van der Waals surface area (Å²) in [7, 11) is 0. The molecule has 90 valence electrons. The fraction of sp³-hybridized carbons (Fsp3) is 0.143. The van der Waals surface area contributed by atoms with Crippen molar-refractivity contribution in [1.82, 2.24) is 14.5 Å². The number of hydrogen-bond donors (Lipinski definition) is 0. The predicted octanol–water partition coefficient (Wildman–Crippen LogP) is 3.44. The van der Waals surface area contributed by atoms with Crippen molar-refractivity contribution in [2.45, 2.75) is 13.5 Å². The molecule has 0 aliphatic heterocycles. The minimum Gasteiger partial charge on any atom is -0.322 e. The summed E-state index contributed by atoms with van der Waals surface area (Å²) in [6, 6.07) is 11.8. The first-order chi connectivity index (χ1) is 8.74. The van der Waals surface area contributed by atoms with Gasteiger partial charge in [-0.3, -0.25) is 0 Å². The second kappa shape index (κ2) is 4.42. The van der Waals surface area contributed by atoms with Crippen LogP contribution in [-0.4, -0.2) is 14.5 Å². The van der Waals surface area contributed by atoms with Crippen LogP contribution in [0.25, 0.3) is 11.2 Å². The largest absolute Gasteiger partial charge is 0.322 e. The summed E-state index contributed by atoms with van der Waals surface area (Å²) in [5.41, 5.74) is 3.06. The van der Waals surface area contributed by atoms with Crippen molar-refractivity contribution in [3.63, 3.8) is 0 Å². The molecule has 2 aromatic heterocycles. The third-order valence-corrected chi connectivity index (χ3v) is 3.22. The van der Waals surface area contributed by atoms with E-state index in [1.165, 1.54) is 5.56 Å². The zero-order chi connectivity index (χ0) is 12.5. The smallest absolute Gasteiger partial charge is 0.177 e. The molecule has 0 aliphatic carbocycles. The summed E-state index contributed by atoms with van der Waals surface area (Å²) in [5.74, 6) is 0.971. The van der Waals surface area contributed by atoms with Crippen LogP contribution >= 0.6 is 11.6 Å². The first-order valence-electron chi connectivity index (χ1n) is 5.76. The van der Waals surface area contributed by atoms with E-state index in [-0.39, 0.29) is 0 Å². The van der Waals surface area contributed by atoms with E-state index in [4.69, 9.17) is 11.6 Å². The second-order valence-electron chi connectivity index (χ2n) is 4.22. The average molecular weight is 258 g/mol. The summed E-state index contributed by atoms with van der Waals surface area (Å²) in [4.78, 5) is 8.72. The molecule has 0 atom stereocenters. The molecule has 2 heterocycles. The highest BCUT2D eigenvalue weighted by atomic mass is 35.5. The van der Waals surface area contributed by atoms with E-state index >= 15 is 0 Å². The van der Waals surface area contributed by atoms with Gasteiger partial charge in [0.15, 0.2) is 5.65 Å². The maximum atomic E-state index is 5.89. The van der Waals surface area contributed by atoms with Crippen molar-refractivity contribution in [1.29, 1.82) is 0 Å². The van der Waals surface area contributed by atoms with Gasteiger partial charge in [0.05, 0.1) is 5.52 Å². The van der Waals surface area contributed by atoms with Crippen LogP contribution in [0, 0.1) is 6.92 Å². The van der Waals surface area contributed by atoms with E-state index in [2.05, 4.69) is 14.5 Å². The number of imidazole rings is 1. The van der Waals surface area contributed by atoms with Crippen molar-refractivity contribution in [2.24, 2.45) is 0 Å². The van der Waals surface area contributed by atoms with Crippen molar-refractivity contribution in [3.05, 3.63) is 59.0 Å². The number of aromatic nitrogens is 3. The molecule has 0 unspecified atom stereocenters. The Balaban J connectivity index is 2.04. The molecule has 0 spiro atoms. The Morgan fingerprint density at radius 1 is 1.17 bits per heavy atom. The molecule has 18 heavy (non-hydrogen) atoms. The number of hydrogen-bond acceptors (Lipinski definition) is 2. The van der Waals surface area contributed by atoms with Crippen LogP contribution in [0.3, 0.4) is 0 Å². The van der Waals surface area contributed by atoms with E-state index in [1.54, 1.807) is 6.20 Å². The highest BCUT2D eigenvalue weighted by molar-refractivity contribution is 6.30. The van der Waals surface area contributed by atoms with Gasteiger partial charge in [0.25, 0.3) is 0 Å². The number of fused-ring (bicyclic) bond motifs is 1. The molecule has 4 heteroatoms. The molecule has 0 fully saturated rings. The Hall–Kier alpha value is -1.87. The molecule has 3 rings (SSSR count). The van der Waals surface area contributed by atoms with E-state index in [1.807, 2.05) is 43.3 Å². The molecule has 0 aliphatic rings. The van der Waals surface area contributed by atoms with Crippen LogP contribution in [0.5, 0.6) is 0 Å². The van der Waals surface area contributed by atoms with Gasteiger partial charge in [0, 0.05) is 17.8 Å². The van der Waals surface area contributed by atoms with Gasteiger partial charge in [-0.2, -0.15) is 0 Å². The lowest BCUT2D eigenvalue weighted by atomic mass is 10.2. The van der Waals surface area contributed by atoms with Crippen molar-refractivity contribution in [2.75, 3.05) is 0 Å². The summed E-state index contributed by atoms with van der Waals surface area (Å²) in [6.07, 6.45) is 1.77. The molecule has 3 aromatic rings. The normalized spacial score (nSPS) is 11.0. The predicted molar refractivity (Wildman–Crippen MR) is 72.8 cm³/mol. The number of rotatable bonds is 2. The monoisotopic (exact) mass is 257 g/mol. The SMILES string of the molecule is Cc1nc2ncccc2n1Cc1ccc(Cl)cc1.